The fourth-order valence-corrected chi connectivity index (χ4v) is 1.25. The van der Waals surface area contributed by atoms with Crippen molar-refractivity contribution in [3.8, 4) is 0 Å². The average Bonchev–Trinajstić information content (AvgIpc) is 1.80. The van der Waals surface area contributed by atoms with Gasteiger partial charge in [-0.2, -0.15) is 0 Å². The average molecular weight is 257 g/mol. The van der Waals surface area contributed by atoms with Gasteiger partial charge in [-0.1, -0.05) is 64.5 Å². The van der Waals surface area contributed by atoms with Crippen LogP contribution >= 0.6 is 31.9 Å². The van der Waals surface area contributed by atoms with Crippen LogP contribution in [0.2, 0.25) is 0 Å². The van der Waals surface area contributed by atoms with Crippen LogP contribution in [0.15, 0.2) is 0 Å². The quantitative estimate of drug-likeness (QED) is 0.646. The molecule has 0 amide bonds. The van der Waals surface area contributed by atoms with Crippen molar-refractivity contribution in [2.24, 2.45) is 0 Å². The number of hydrogen-bond donors (Lipinski definition) is 0. The van der Waals surface area contributed by atoms with Gasteiger partial charge in [-0.15, -0.1) is 0 Å². The van der Waals surface area contributed by atoms with Crippen LogP contribution in [0.4, 0.5) is 0 Å². The second-order valence-electron chi connectivity index (χ2n) is 2.15. The Morgan fingerprint density at radius 3 is 2.22 bits per heavy atom. The van der Waals surface area contributed by atoms with E-state index in [0.29, 0.717) is 0 Å². The second-order valence-corrected chi connectivity index (χ2v) is 5.13. The first-order chi connectivity index (χ1) is 4.27. The molecule has 0 spiro atoms. The van der Waals surface area contributed by atoms with E-state index >= 15 is 0 Å². The lowest BCUT2D eigenvalue weighted by Crippen LogP contribution is -1.77. The molecular weight excluding hydrogens is 244 g/mol. The summed E-state index contributed by atoms with van der Waals surface area (Å²) in [6.45, 7) is 2.23. The molecule has 0 aromatic rings. The molecule has 0 aromatic heterocycles. The first-order valence-electron chi connectivity index (χ1n) is 3.44. The molecule has 0 rings (SSSR count). The Morgan fingerprint density at radius 2 is 1.78 bits per heavy atom. The molecule has 1 radical (unpaired) electrons. The van der Waals surface area contributed by atoms with E-state index in [2.05, 4.69) is 38.8 Å². The number of halogens is 2. The Labute approximate surface area is 74.7 Å². The predicted molar refractivity (Wildman–Crippen MR) is 49.9 cm³/mol. The number of unbranched alkanes of at least 4 members (excludes halogenated alkanes) is 3. The summed E-state index contributed by atoms with van der Waals surface area (Å²) in [5.41, 5.74) is 0. The molecular formula is C7H13Br2. The van der Waals surface area contributed by atoms with E-state index in [4.69, 9.17) is 0 Å². The first kappa shape index (κ1) is 9.96. The lowest BCUT2D eigenvalue weighted by Gasteiger charge is -1.98. The molecule has 0 saturated heterocycles. The SMILES string of the molecule is CCCCCC[C](Br)Br. The number of hydrogen-bond acceptors (Lipinski definition) is 0. The molecule has 0 N–H and O–H groups in total. The highest BCUT2D eigenvalue weighted by molar-refractivity contribution is 9.27. The Hall–Kier alpha value is 0.960. The lowest BCUT2D eigenvalue weighted by atomic mass is 10.2. The largest absolute Gasteiger partial charge is 0.105 e. The van der Waals surface area contributed by atoms with Gasteiger partial charge in [-0.3, -0.25) is 0 Å². The van der Waals surface area contributed by atoms with Crippen molar-refractivity contribution in [1.82, 2.24) is 0 Å². The maximum absolute atomic E-state index is 3.36. The minimum atomic E-state index is 1.17. The van der Waals surface area contributed by atoms with Gasteiger partial charge in [0.15, 0.2) is 0 Å². The van der Waals surface area contributed by atoms with Gasteiger partial charge < -0.3 is 0 Å². The molecule has 0 atom stereocenters. The van der Waals surface area contributed by atoms with Gasteiger partial charge in [-0.25, -0.2) is 0 Å². The topological polar surface area (TPSA) is 0 Å². The van der Waals surface area contributed by atoms with E-state index in [-0.39, 0.29) is 0 Å². The molecule has 0 unspecified atom stereocenters. The smallest absolute Gasteiger partial charge is 0.0702 e. The summed E-state index contributed by atoms with van der Waals surface area (Å²) in [5.74, 6) is 0. The van der Waals surface area contributed by atoms with E-state index in [1.165, 1.54) is 35.8 Å². The van der Waals surface area contributed by atoms with Gasteiger partial charge in [0, 0.05) is 0 Å². The summed E-state index contributed by atoms with van der Waals surface area (Å²) >= 11 is 6.72. The Balaban J connectivity index is 2.75. The summed E-state index contributed by atoms with van der Waals surface area (Å²) in [6, 6.07) is 0. The third-order valence-corrected chi connectivity index (χ3v) is 2.01. The zero-order valence-electron chi connectivity index (χ0n) is 5.79. The molecule has 55 valence electrons. The van der Waals surface area contributed by atoms with Gasteiger partial charge in [0.05, 0.1) is 0 Å². The van der Waals surface area contributed by atoms with Crippen molar-refractivity contribution in [3.05, 3.63) is 3.74 Å². The van der Waals surface area contributed by atoms with Crippen LogP contribution in [-0.2, 0) is 0 Å². The van der Waals surface area contributed by atoms with Crippen LogP contribution in [0, 0.1) is 3.74 Å². The standard InChI is InChI=1S/C7H13Br2/c1-2-3-4-5-6-7(8)9/h2-6H2,1H3. The zero-order chi connectivity index (χ0) is 7.11. The van der Waals surface area contributed by atoms with Crippen molar-refractivity contribution in [1.29, 1.82) is 0 Å². The van der Waals surface area contributed by atoms with Crippen LogP contribution in [0.5, 0.6) is 0 Å². The summed E-state index contributed by atoms with van der Waals surface area (Å²) in [7, 11) is 0. The summed E-state index contributed by atoms with van der Waals surface area (Å²) in [6.07, 6.45) is 6.52. The molecule has 0 aliphatic heterocycles. The Kier molecular flexibility index (Phi) is 7.83. The molecule has 0 aliphatic rings. The van der Waals surface area contributed by atoms with Crippen molar-refractivity contribution in [2.75, 3.05) is 0 Å². The molecule has 0 aliphatic carbocycles. The Morgan fingerprint density at radius 1 is 1.11 bits per heavy atom. The van der Waals surface area contributed by atoms with Crippen molar-refractivity contribution < 1.29 is 0 Å². The van der Waals surface area contributed by atoms with Crippen molar-refractivity contribution in [3.63, 3.8) is 0 Å². The molecule has 2 heteroatoms. The third kappa shape index (κ3) is 8.96. The fraction of sp³-hybridized carbons (Fsp3) is 0.857. The Bertz CT molecular complexity index is 52.9. The highest BCUT2D eigenvalue weighted by atomic mass is 79.9. The summed E-state index contributed by atoms with van der Waals surface area (Å²) in [4.78, 5) is 0. The minimum absolute atomic E-state index is 1.17. The zero-order valence-corrected chi connectivity index (χ0v) is 8.96. The van der Waals surface area contributed by atoms with E-state index in [1.54, 1.807) is 0 Å². The fourth-order valence-electron chi connectivity index (χ4n) is 0.685. The molecule has 0 heterocycles. The monoisotopic (exact) mass is 255 g/mol. The highest BCUT2D eigenvalue weighted by Gasteiger charge is 1.96. The van der Waals surface area contributed by atoms with Crippen LogP contribution < -0.4 is 0 Å². The normalized spacial score (nSPS) is 10.7. The highest BCUT2D eigenvalue weighted by Crippen LogP contribution is 2.24. The maximum Gasteiger partial charge on any atom is 0.105 e. The van der Waals surface area contributed by atoms with E-state index in [9.17, 15) is 0 Å². The van der Waals surface area contributed by atoms with Crippen LogP contribution in [0.1, 0.15) is 39.0 Å². The van der Waals surface area contributed by atoms with Crippen molar-refractivity contribution in [2.45, 2.75) is 39.0 Å². The molecule has 0 saturated carbocycles. The molecule has 0 fully saturated rings. The van der Waals surface area contributed by atoms with Gasteiger partial charge in [0.1, 0.15) is 3.74 Å². The summed E-state index contributed by atoms with van der Waals surface area (Å²) in [5, 5.41) is 0. The van der Waals surface area contributed by atoms with Crippen molar-refractivity contribution >= 4 is 31.9 Å². The van der Waals surface area contributed by atoms with Gasteiger partial charge in [0.25, 0.3) is 0 Å². The van der Waals surface area contributed by atoms with E-state index in [1.807, 2.05) is 0 Å². The molecule has 0 nitrogen and oxygen atoms in total. The first-order valence-corrected chi connectivity index (χ1v) is 5.02. The summed E-state index contributed by atoms with van der Waals surface area (Å²) < 4.78 is 1.20. The second kappa shape index (κ2) is 7.07. The predicted octanol–water partition coefficient (Wildman–Crippen LogP) is 4.24. The van der Waals surface area contributed by atoms with Gasteiger partial charge in [-0.05, 0) is 6.42 Å². The van der Waals surface area contributed by atoms with E-state index < -0.39 is 0 Å². The number of rotatable bonds is 5. The molecule has 9 heavy (non-hydrogen) atoms. The lowest BCUT2D eigenvalue weighted by molar-refractivity contribution is 0.669. The van der Waals surface area contributed by atoms with Crippen LogP contribution in [0.3, 0.4) is 0 Å². The maximum atomic E-state index is 3.36. The minimum Gasteiger partial charge on any atom is -0.0702 e. The van der Waals surface area contributed by atoms with Gasteiger partial charge in [0.2, 0.25) is 0 Å². The van der Waals surface area contributed by atoms with Crippen LogP contribution in [0.25, 0.3) is 0 Å². The third-order valence-electron chi connectivity index (χ3n) is 1.22. The van der Waals surface area contributed by atoms with E-state index in [0.717, 1.165) is 0 Å². The molecule has 0 aromatic carbocycles. The van der Waals surface area contributed by atoms with Gasteiger partial charge >= 0.3 is 0 Å². The molecule has 0 bridgehead atoms. The van der Waals surface area contributed by atoms with Crippen LogP contribution in [-0.4, -0.2) is 0 Å².